The third-order valence-electron chi connectivity index (χ3n) is 4.94. The predicted octanol–water partition coefficient (Wildman–Crippen LogP) is 1.64. The van der Waals surface area contributed by atoms with E-state index in [-0.39, 0.29) is 17.5 Å². The molecule has 0 radical (unpaired) electrons. The van der Waals surface area contributed by atoms with Crippen LogP contribution in [-0.4, -0.2) is 56.0 Å². The van der Waals surface area contributed by atoms with Crippen LogP contribution >= 0.6 is 0 Å². The Balaban J connectivity index is 1.73. The number of rotatable bonds is 6. The topological polar surface area (TPSA) is 112 Å². The largest absolute Gasteiger partial charge is 0.493 e. The molecule has 0 aliphatic carbocycles. The van der Waals surface area contributed by atoms with E-state index in [2.05, 4.69) is 15.6 Å². The van der Waals surface area contributed by atoms with Crippen molar-refractivity contribution in [1.82, 2.24) is 15.2 Å². The number of hydrogen-bond acceptors (Lipinski definition) is 7. The molecule has 0 unspecified atom stereocenters. The summed E-state index contributed by atoms with van der Waals surface area (Å²) >= 11 is 0. The van der Waals surface area contributed by atoms with E-state index in [1.165, 1.54) is 20.4 Å². The fourth-order valence-electron chi connectivity index (χ4n) is 3.38. The number of sulfone groups is 1. The highest BCUT2D eigenvalue weighted by Gasteiger charge is 2.31. The number of carbonyl (C=O) groups is 1. The first-order valence-corrected chi connectivity index (χ1v) is 10.9. The van der Waals surface area contributed by atoms with Crippen LogP contribution in [0.2, 0.25) is 0 Å². The van der Waals surface area contributed by atoms with E-state index in [1.54, 1.807) is 22.9 Å². The molecule has 1 amide bonds. The molecule has 29 heavy (non-hydrogen) atoms. The van der Waals surface area contributed by atoms with Gasteiger partial charge in [0.05, 0.1) is 43.7 Å². The second-order valence-electron chi connectivity index (χ2n) is 6.85. The van der Waals surface area contributed by atoms with Gasteiger partial charge in [-0.15, -0.1) is 0 Å². The highest BCUT2D eigenvalue weighted by molar-refractivity contribution is 7.91. The van der Waals surface area contributed by atoms with E-state index < -0.39 is 15.7 Å². The summed E-state index contributed by atoms with van der Waals surface area (Å²) in [7, 11) is 0.0138. The van der Waals surface area contributed by atoms with E-state index in [4.69, 9.17) is 9.47 Å². The van der Waals surface area contributed by atoms with Gasteiger partial charge >= 0.3 is 0 Å². The van der Waals surface area contributed by atoms with Crippen molar-refractivity contribution in [2.45, 2.75) is 26.3 Å². The van der Waals surface area contributed by atoms with Gasteiger partial charge in [-0.2, -0.15) is 10.2 Å². The minimum absolute atomic E-state index is 0.0988. The standard InChI is InChI=1S/C19H24N4O5S/c1-12-16(13(2)23(22-12)15-7-8-29(25,26)11-15)10-20-21-19(24)14-5-6-17(27-3)18(9-14)28-4/h5-6,9-10,15H,7-8,11H2,1-4H3,(H,21,24)/b20-10-/t15-/m0/s1. The van der Waals surface area contributed by atoms with Crippen LogP contribution in [0.4, 0.5) is 0 Å². The summed E-state index contributed by atoms with van der Waals surface area (Å²) in [4.78, 5) is 12.3. The second kappa shape index (κ2) is 8.24. The summed E-state index contributed by atoms with van der Waals surface area (Å²) < 4.78 is 35.6. The zero-order valence-corrected chi connectivity index (χ0v) is 17.6. The highest BCUT2D eigenvalue weighted by atomic mass is 32.2. The molecule has 0 bridgehead atoms. The van der Waals surface area contributed by atoms with Crippen LogP contribution in [-0.2, 0) is 9.84 Å². The number of ether oxygens (including phenoxy) is 2. The summed E-state index contributed by atoms with van der Waals surface area (Å²) in [5.41, 5.74) is 5.14. The molecule has 10 heteroatoms. The van der Waals surface area contributed by atoms with Gasteiger partial charge in [0, 0.05) is 16.8 Å². The van der Waals surface area contributed by atoms with Crippen molar-refractivity contribution < 1.29 is 22.7 Å². The monoisotopic (exact) mass is 420 g/mol. The molecule has 1 aromatic heterocycles. The number of nitrogens with zero attached hydrogens (tertiary/aromatic N) is 3. The van der Waals surface area contributed by atoms with Gasteiger partial charge in [0.15, 0.2) is 21.3 Å². The molecule has 1 aliphatic rings. The Morgan fingerprint density at radius 1 is 1.28 bits per heavy atom. The quantitative estimate of drug-likeness (QED) is 0.562. The Labute approximate surface area is 169 Å². The third kappa shape index (κ3) is 4.42. The number of amides is 1. The van der Waals surface area contributed by atoms with E-state index in [0.29, 0.717) is 23.5 Å². The normalized spacial score (nSPS) is 18.1. The Bertz CT molecular complexity index is 1060. The maximum atomic E-state index is 12.3. The van der Waals surface area contributed by atoms with Gasteiger partial charge in [-0.3, -0.25) is 9.48 Å². The van der Waals surface area contributed by atoms with Crippen molar-refractivity contribution in [1.29, 1.82) is 0 Å². The number of hydrazone groups is 1. The van der Waals surface area contributed by atoms with Gasteiger partial charge < -0.3 is 9.47 Å². The van der Waals surface area contributed by atoms with Gasteiger partial charge in [-0.05, 0) is 38.5 Å². The predicted molar refractivity (Wildman–Crippen MR) is 109 cm³/mol. The van der Waals surface area contributed by atoms with Gasteiger partial charge in [-0.25, -0.2) is 13.8 Å². The van der Waals surface area contributed by atoms with Gasteiger partial charge in [0.2, 0.25) is 0 Å². The Kier molecular flexibility index (Phi) is 5.92. The van der Waals surface area contributed by atoms with Crippen LogP contribution in [0.1, 0.15) is 39.8 Å². The van der Waals surface area contributed by atoms with Gasteiger partial charge in [0.25, 0.3) is 5.91 Å². The van der Waals surface area contributed by atoms with Gasteiger partial charge in [0.1, 0.15) is 0 Å². The van der Waals surface area contributed by atoms with Crippen LogP contribution in [0, 0.1) is 13.8 Å². The first-order chi connectivity index (χ1) is 13.8. The van der Waals surface area contributed by atoms with Gasteiger partial charge in [-0.1, -0.05) is 0 Å². The van der Waals surface area contributed by atoms with Crippen LogP contribution in [0.15, 0.2) is 23.3 Å². The molecule has 0 spiro atoms. The summed E-state index contributed by atoms with van der Waals surface area (Å²) in [6.45, 7) is 3.69. The van der Waals surface area contributed by atoms with Crippen molar-refractivity contribution in [3.63, 3.8) is 0 Å². The van der Waals surface area contributed by atoms with Crippen molar-refractivity contribution in [3.05, 3.63) is 40.7 Å². The Morgan fingerprint density at radius 2 is 2.00 bits per heavy atom. The molecule has 3 rings (SSSR count). The highest BCUT2D eigenvalue weighted by Crippen LogP contribution is 2.28. The number of nitrogens with one attached hydrogen (secondary N) is 1. The summed E-state index contributed by atoms with van der Waals surface area (Å²) in [6, 6.07) is 4.66. The fourth-order valence-corrected chi connectivity index (χ4v) is 5.08. The lowest BCUT2D eigenvalue weighted by Gasteiger charge is -2.10. The molecular weight excluding hydrogens is 396 g/mol. The van der Waals surface area contributed by atoms with Crippen molar-refractivity contribution in [2.24, 2.45) is 5.10 Å². The molecule has 1 N–H and O–H groups in total. The van der Waals surface area contributed by atoms with Crippen molar-refractivity contribution in [2.75, 3.05) is 25.7 Å². The van der Waals surface area contributed by atoms with E-state index in [1.807, 2.05) is 13.8 Å². The zero-order valence-electron chi connectivity index (χ0n) is 16.8. The SMILES string of the molecule is COc1ccc(C(=O)N/N=C\c2c(C)nn([C@H]3CCS(=O)(=O)C3)c2C)cc1OC. The minimum Gasteiger partial charge on any atom is -0.493 e. The zero-order chi connectivity index (χ0) is 21.2. The minimum atomic E-state index is -3.00. The summed E-state index contributed by atoms with van der Waals surface area (Å²) in [5.74, 6) is 0.859. The molecule has 1 fully saturated rings. The van der Waals surface area contributed by atoms with Crippen molar-refractivity contribution >= 4 is 22.0 Å². The number of aromatic nitrogens is 2. The van der Waals surface area contributed by atoms with Crippen LogP contribution in [0.3, 0.4) is 0 Å². The molecule has 1 aromatic carbocycles. The average molecular weight is 420 g/mol. The molecule has 1 aliphatic heterocycles. The average Bonchev–Trinajstić information content (AvgIpc) is 3.20. The number of aryl methyl sites for hydroxylation is 1. The summed E-state index contributed by atoms with van der Waals surface area (Å²) in [5, 5.41) is 8.51. The smallest absolute Gasteiger partial charge is 0.271 e. The van der Waals surface area contributed by atoms with Crippen molar-refractivity contribution in [3.8, 4) is 11.5 Å². The lowest BCUT2D eigenvalue weighted by molar-refractivity contribution is 0.0954. The van der Waals surface area contributed by atoms with Crippen LogP contribution in [0.25, 0.3) is 0 Å². The number of carbonyl (C=O) groups excluding carboxylic acids is 1. The van der Waals surface area contributed by atoms with Crippen LogP contribution in [0.5, 0.6) is 11.5 Å². The Morgan fingerprint density at radius 3 is 2.62 bits per heavy atom. The maximum absolute atomic E-state index is 12.3. The number of methoxy groups -OCH3 is 2. The third-order valence-corrected chi connectivity index (χ3v) is 6.69. The molecule has 2 heterocycles. The van der Waals surface area contributed by atoms with E-state index >= 15 is 0 Å². The first kappa shape index (κ1) is 20.8. The molecule has 2 aromatic rings. The lowest BCUT2D eigenvalue weighted by atomic mass is 10.2. The van der Waals surface area contributed by atoms with Crippen LogP contribution < -0.4 is 14.9 Å². The van der Waals surface area contributed by atoms with E-state index in [0.717, 1.165) is 17.0 Å². The maximum Gasteiger partial charge on any atom is 0.271 e. The molecule has 1 saturated heterocycles. The molecule has 1 atom stereocenters. The second-order valence-corrected chi connectivity index (χ2v) is 9.08. The molecular formula is C19H24N4O5S. The summed E-state index contributed by atoms with van der Waals surface area (Å²) in [6.07, 6.45) is 2.08. The molecule has 156 valence electrons. The Hall–Kier alpha value is -2.88. The number of benzene rings is 1. The number of hydrogen-bond donors (Lipinski definition) is 1. The fraction of sp³-hybridized carbons (Fsp3) is 0.421. The van der Waals surface area contributed by atoms with E-state index in [9.17, 15) is 13.2 Å². The molecule has 0 saturated carbocycles. The first-order valence-electron chi connectivity index (χ1n) is 9.07. The molecule has 9 nitrogen and oxygen atoms in total. The lowest BCUT2D eigenvalue weighted by Crippen LogP contribution is -2.18.